The minimum Gasteiger partial charge on any atom is -0.264 e. The third kappa shape index (κ3) is 3.32. The molecule has 0 unspecified atom stereocenters. The fraction of sp³-hybridized carbons (Fsp3) is 0.500. The van der Waals surface area contributed by atoms with Crippen molar-refractivity contribution >= 4 is 0 Å². The van der Waals surface area contributed by atoms with E-state index < -0.39 is 22.7 Å². The quantitative estimate of drug-likeness (QED) is 0.311. The SMILES string of the molecule is O=[N+]([O-])C[C](F)[N+](=O)[O-]. The fourth-order valence-corrected chi connectivity index (χ4v) is 0.164. The van der Waals surface area contributed by atoms with E-state index in [0.717, 1.165) is 0 Å². The van der Waals surface area contributed by atoms with Crippen LogP contribution in [0.4, 0.5) is 4.39 Å². The Hall–Kier alpha value is -1.27. The Morgan fingerprint density at radius 3 is 2.00 bits per heavy atom. The van der Waals surface area contributed by atoms with Crippen LogP contribution in [0.15, 0.2) is 0 Å². The van der Waals surface area contributed by atoms with Crippen molar-refractivity contribution in [1.82, 2.24) is 0 Å². The van der Waals surface area contributed by atoms with Gasteiger partial charge in [0.2, 0.25) is 0 Å². The number of hydrogen-bond acceptors (Lipinski definition) is 4. The molecule has 0 aromatic carbocycles. The van der Waals surface area contributed by atoms with Crippen LogP contribution in [0.2, 0.25) is 0 Å². The molecule has 0 heterocycles. The summed E-state index contributed by atoms with van der Waals surface area (Å²) >= 11 is 0. The minimum atomic E-state index is -1.85. The Kier molecular flexibility index (Phi) is 2.49. The number of nitrogens with zero attached hydrogens (tertiary/aromatic N) is 2. The molecule has 0 aromatic rings. The van der Waals surface area contributed by atoms with Gasteiger partial charge in [-0.05, 0) is 0 Å². The average molecular weight is 137 g/mol. The first kappa shape index (κ1) is 7.73. The average Bonchev–Trinajstić information content (AvgIpc) is 1.63. The van der Waals surface area contributed by atoms with Crippen LogP contribution < -0.4 is 0 Å². The Labute approximate surface area is 48.6 Å². The van der Waals surface area contributed by atoms with Crippen molar-refractivity contribution in [3.63, 3.8) is 0 Å². The lowest BCUT2D eigenvalue weighted by Crippen LogP contribution is -2.15. The van der Waals surface area contributed by atoms with Gasteiger partial charge in [-0.2, -0.15) is 0 Å². The lowest BCUT2D eigenvalue weighted by molar-refractivity contribution is -0.563. The van der Waals surface area contributed by atoms with Crippen molar-refractivity contribution in [2.75, 3.05) is 6.54 Å². The standard InChI is InChI=1S/C2H2FN2O4/c3-2(5(8)9)1-4(6)7/h1H2. The first-order chi connectivity index (χ1) is 4.04. The molecule has 9 heavy (non-hydrogen) atoms. The highest BCUT2D eigenvalue weighted by Crippen LogP contribution is 2.00. The van der Waals surface area contributed by atoms with Crippen molar-refractivity contribution in [1.29, 1.82) is 0 Å². The summed E-state index contributed by atoms with van der Waals surface area (Å²) in [6.45, 7) is -1.35. The molecule has 0 spiro atoms. The summed E-state index contributed by atoms with van der Waals surface area (Å²) in [7, 11) is 0. The number of hydrogen-bond donors (Lipinski definition) is 0. The van der Waals surface area contributed by atoms with E-state index in [-0.39, 0.29) is 0 Å². The van der Waals surface area contributed by atoms with Gasteiger partial charge in [0.25, 0.3) is 0 Å². The molecular formula is C2H2FN2O4. The summed E-state index contributed by atoms with van der Waals surface area (Å²) in [6, 6.07) is 0. The molecule has 0 atom stereocenters. The smallest absolute Gasteiger partial charge is 0.264 e. The lowest BCUT2D eigenvalue weighted by atomic mass is 10.6. The van der Waals surface area contributed by atoms with Crippen LogP contribution in [0.5, 0.6) is 0 Å². The largest absolute Gasteiger partial charge is 0.528 e. The maximum absolute atomic E-state index is 11.6. The molecule has 0 fully saturated rings. The predicted molar refractivity (Wildman–Crippen MR) is 23.2 cm³/mol. The lowest BCUT2D eigenvalue weighted by Gasteiger charge is -1.88. The van der Waals surface area contributed by atoms with Gasteiger partial charge in [-0.25, -0.2) is 0 Å². The third-order valence-electron chi connectivity index (χ3n) is 0.458. The van der Waals surface area contributed by atoms with E-state index in [9.17, 15) is 24.6 Å². The Morgan fingerprint density at radius 2 is 1.89 bits per heavy atom. The summed E-state index contributed by atoms with van der Waals surface area (Å²) in [5.74, 6) is 0. The normalized spacial score (nSPS) is 9.56. The Balaban J connectivity index is 3.63. The predicted octanol–water partition coefficient (Wildman–Crippen LogP) is -0.00121. The Morgan fingerprint density at radius 1 is 1.44 bits per heavy atom. The number of nitro groups is 2. The molecule has 0 saturated carbocycles. The second kappa shape index (κ2) is 2.90. The summed E-state index contributed by atoms with van der Waals surface area (Å²) < 4.78 is 11.6. The van der Waals surface area contributed by atoms with Gasteiger partial charge in [0.05, 0.1) is 4.92 Å². The molecule has 51 valence electrons. The van der Waals surface area contributed by atoms with E-state index in [1.807, 2.05) is 0 Å². The first-order valence-electron chi connectivity index (χ1n) is 1.81. The molecule has 0 aliphatic heterocycles. The summed E-state index contributed by atoms with van der Waals surface area (Å²) in [5, 5.41) is 18.7. The van der Waals surface area contributed by atoms with Crippen LogP contribution in [-0.2, 0) is 0 Å². The van der Waals surface area contributed by atoms with E-state index in [1.165, 1.54) is 0 Å². The van der Waals surface area contributed by atoms with Crippen molar-refractivity contribution in [2.45, 2.75) is 0 Å². The van der Waals surface area contributed by atoms with Crippen molar-refractivity contribution in [2.24, 2.45) is 0 Å². The third-order valence-corrected chi connectivity index (χ3v) is 0.458. The highest BCUT2D eigenvalue weighted by atomic mass is 19.1. The van der Waals surface area contributed by atoms with Crippen LogP contribution in [0.1, 0.15) is 0 Å². The monoisotopic (exact) mass is 137 g/mol. The van der Waals surface area contributed by atoms with E-state index in [1.54, 1.807) is 0 Å². The van der Waals surface area contributed by atoms with E-state index in [0.29, 0.717) is 0 Å². The molecule has 0 amide bonds. The number of halogens is 1. The molecule has 0 saturated heterocycles. The zero-order valence-corrected chi connectivity index (χ0v) is 4.11. The van der Waals surface area contributed by atoms with Crippen molar-refractivity contribution < 1.29 is 14.2 Å². The zero-order valence-electron chi connectivity index (χ0n) is 4.11. The van der Waals surface area contributed by atoms with E-state index in [2.05, 4.69) is 0 Å². The molecule has 0 aliphatic rings. The molecule has 0 bridgehead atoms. The highest BCUT2D eigenvalue weighted by molar-refractivity contribution is 4.55. The van der Waals surface area contributed by atoms with Crippen LogP contribution in [0.25, 0.3) is 0 Å². The van der Waals surface area contributed by atoms with Crippen LogP contribution in [-0.4, -0.2) is 16.4 Å². The highest BCUT2D eigenvalue weighted by Gasteiger charge is 2.29. The van der Waals surface area contributed by atoms with Crippen LogP contribution >= 0.6 is 0 Å². The van der Waals surface area contributed by atoms with Crippen molar-refractivity contribution in [3.8, 4) is 0 Å². The molecule has 1 radical (unpaired) electrons. The van der Waals surface area contributed by atoms with Gasteiger partial charge in [0.1, 0.15) is 0 Å². The summed E-state index contributed by atoms with van der Waals surface area (Å²) in [4.78, 5) is 16.1. The second-order valence-electron chi connectivity index (χ2n) is 1.12. The molecular weight excluding hydrogens is 135 g/mol. The molecule has 0 aliphatic carbocycles. The van der Waals surface area contributed by atoms with Crippen molar-refractivity contribution in [3.05, 3.63) is 26.5 Å². The molecule has 0 aromatic heterocycles. The number of rotatable bonds is 3. The van der Waals surface area contributed by atoms with Gasteiger partial charge in [0.15, 0.2) is 0 Å². The van der Waals surface area contributed by atoms with Gasteiger partial charge in [-0.15, -0.1) is 4.39 Å². The second-order valence-corrected chi connectivity index (χ2v) is 1.12. The molecule has 0 N–H and O–H groups in total. The molecule has 0 rings (SSSR count). The van der Waals surface area contributed by atoms with Gasteiger partial charge >= 0.3 is 12.8 Å². The fourth-order valence-electron chi connectivity index (χ4n) is 0.164. The topological polar surface area (TPSA) is 86.3 Å². The van der Waals surface area contributed by atoms with E-state index >= 15 is 0 Å². The first-order valence-corrected chi connectivity index (χ1v) is 1.81. The molecule has 6 nitrogen and oxygen atoms in total. The maximum Gasteiger partial charge on any atom is 0.528 e. The Bertz CT molecular complexity index is 137. The van der Waals surface area contributed by atoms with Gasteiger partial charge in [-0.3, -0.25) is 20.2 Å². The maximum atomic E-state index is 11.6. The summed E-state index contributed by atoms with van der Waals surface area (Å²) in [6.07, 6.45) is -1.85. The van der Waals surface area contributed by atoms with Gasteiger partial charge in [0, 0.05) is 4.92 Å². The van der Waals surface area contributed by atoms with Crippen LogP contribution in [0.3, 0.4) is 0 Å². The molecule has 7 heteroatoms. The summed E-state index contributed by atoms with van der Waals surface area (Å²) in [5.41, 5.74) is 0. The van der Waals surface area contributed by atoms with Gasteiger partial charge in [-0.1, -0.05) is 0 Å². The zero-order chi connectivity index (χ0) is 7.44. The minimum absolute atomic E-state index is 1.11. The van der Waals surface area contributed by atoms with Crippen LogP contribution in [0, 0.1) is 26.5 Å². The van der Waals surface area contributed by atoms with Gasteiger partial charge < -0.3 is 0 Å². The van der Waals surface area contributed by atoms with E-state index in [4.69, 9.17) is 0 Å².